The van der Waals surface area contributed by atoms with E-state index >= 15 is 0 Å². The second-order valence-electron chi connectivity index (χ2n) is 3.62. The standard InChI is InChI=1S/C11H24N2O3/c1-5-12(2)11(14)13(8-10-16-4)7-6-9-15-3/h5-10H2,1-4H3. The smallest absolute Gasteiger partial charge is 0.319 e. The van der Waals surface area contributed by atoms with Crippen LogP contribution in [-0.4, -0.2) is 69.9 Å². The van der Waals surface area contributed by atoms with Crippen LogP contribution in [0.25, 0.3) is 0 Å². The summed E-state index contributed by atoms with van der Waals surface area (Å²) in [5.74, 6) is 0. The van der Waals surface area contributed by atoms with Crippen molar-refractivity contribution in [2.45, 2.75) is 13.3 Å². The van der Waals surface area contributed by atoms with Crippen molar-refractivity contribution in [1.82, 2.24) is 9.80 Å². The number of methoxy groups -OCH3 is 2. The number of hydrogen-bond acceptors (Lipinski definition) is 3. The van der Waals surface area contributed by atoms with Gasteiger partial charge in [-0.1, -0.05) is 0 Å². The molecule has 0 heterocycles. The third kappa shape index (κ3) is 5.92. The molecule has 0 radical (unpaired) electrons. The van der Waals surface area contributed by atoms with Gasteiger partial charge in [0.2, 0.25) is 0 Å². The predicted molar refractivity (Wildman–Crippen MR) is 63.6 cm³/mol. The summed E-state index contributed by atoms with van der Waals surface area (Å²) in [7, 11) is 5.11. The van der Waals surface area contributed by atoms with Gasteiger partial charge in [-0.25, -0.2) is 4.79 Å². The third-order valence-corrected chi connectivity index (χ3v) is 2.41. The average Bonchev–Trinajstić information content (AvgIpc) is 2.31. The van der Waals surface area contributed by atoms with Crippen molar-refractivity contribution in [3.63, 3.8) is 0 Å². The largest absolute Gasteiger partial charge is 0.385 e. The molecule has 96 valence electrons. The predicted octanol–water partition coefficient (Wildman–Crippen LogP) is 1.04. The van der Waals surface area contributed by atoms with Gasteiger partial charge in [0.15, 0.2) is 0 Å². The van der Waals surface area contributed by atoms with Crippen LogP contribution in [0.2, 0.25) is 0 Å². The number of carbonyl (C=O) groups is 1. The average molecular weight is 232 g/mol. The second-order valence-corrected chi connectivity index (χ2v) is 3.62. The summed E-state index contributed by atoms with van der Waals surface area (Å²) >= 11 is 0. The fourth-order valence-electron chi connectivity index (χ4n) is 1.28. The molecule has 2 amide bonds. The molecule has 0 aromatic rings. The second kappa shape index (κ2) is 9.42. The molecule has 0 fully saturated rings. The molecule has 0 unspecified atom stereocenters. The van der Waals surface area contributed by atoms with Gasteiger partial charge in [-0.2, -0.15) is 0 Å². The summed E-state index contributed by atoms with van der Waals surface area (Å²) in [4.78, 5) is 15.4. The summed E-state index contributed by atoms with van der Waals surface area (Å²) in [5, 5.41) is 0. The SMILES string of the molecule is CCN(C)C(=O)N(CCCOC)CCOC. The molecular weight excluding hydrogens is 208 g/mol. The lowest BCUT2D eigenvalue weighted by Crippen LogP contribution is -2.43. The minimum absolute atomic E-state index is 0.0515. The topological polar surface area (TPSA) is 42.0 Å². The van der Waals surface area contributed by atoms with Gasteiger partial charge in [-0.05, 0) is 13.3 Å². The molecule has 0 rings (SSSR count). The van der Waals surface area contributed by atoms with Gasteiger partial charge in [-0.15, -0.1) is 0 Å². The van der Waals surface area contributed by atoms with E-state index in [1.807, 2.05) is 6.92 Å². The molecule has 0 saturated heterocycles. The van der Waals surface area contributed by atoms with Crippen LogP contribution in [-0.2, 0) is 9.47 Å². The maximum atomic E-state index is 11.9. The molecule has 0 N–H and O–H groups in total. The molecule has 5 nitrogen and oxygen atoms in total. The highest BCUT2D eigenvalue weighted by atomic mass is 16.5. The Morgan fingerprint density at radius 2 is 1.75 bits per heavy atom. The first-order chi connectivity index (χ1) is 7.67. The molecule has 0 bridgehead atoms. The summed E-state index contributed by atoms with van der Waals surface area (Å²) in [6.07, 6.45) is 0.851. The van der Waals surface area contributed by atoms with E-state index < -0.39 is 0 Å². The van der Waals surface area contributed by atoms with Crippen LogP contribution in [0.15, 0.2) is 0 Å². The van der Waals surface area contributed by atoms with Crippen LogP contribution in [0.1, 0.15) is 13.3 Å². The van der Waals surface area contributed by atoms with E-state index in [4.69, 9.17) is 9.47 Å². The van der Waals surface area contributed by atoms with E-state index in [1.165, 1.54) is 0 Å². The number of urea groups is 1. The molecule has 0 atom stereocenters. The van der Waals surface area contributed by atoms with Crippen LogP contribution < -0.4 is 0 Å². The van der Waals surface area contributed by atoms with E-state index in [-0.39, 0.29) is 6.03 Å². The third-order valence-electron chi connectivity index (χ3n) is 2.41. The minimum Gasteiger partial charge on any atom is -0.385 e. The van der Waals surface area contributed by atoms with E-state index in [9.17, 15) is 4.79 Å². The Balaban J connectivity index is 4.12. The fourth-order valence-corrected chi connectivity index (χ4v) is 1.28. The summed E-state index contributed by atoms with van der Waals surface area (Å²) < 4.78 is 9.98. The lowest BCUT2D eigenvalue weighted by molar-refractivity contribution is 0.122. The van der Waals surface area contributed by atoms with Crippen LogP contribution in [0.3, 0.4) is 0 Å². The van der Waals surface area contributed by atoms with E-state index in [0.717, 1.165) is 6.42 Å². The summed E-state index contributed by atoms with van der Waals surface area (Å²) in [5.41, 5.74) is 0. The van der Waals surface area contributed by atoms with Crippen molar-refractivity contribution in [2.75, 3.05) is 54.1 Å². The zero-order valence-electron chi connectivity index (χ0n) is 10.9. The Morgan fingerprint density at radius 1 is 1.12 bits per heavy atom. The van der Waals surface area contributed by atoms with Crippen molar-refractivity contribution in [2.24, 2.45) is 0 Å². The molecule has 0 aromatic carbocycles. The van der Waals surface area contributed by atoms with Gasteiger partial charge >= 0.3 is 6.03 Å². The molecule has 0 aromatic heterocycles. The molecule has 0 spiro atoms. The molecule has 0 saturated carbocycles. The van der Waals surface area contributed by atoms with Crippen molar-refractivity contribution in [3.8, 4) is 0 Å². The Hall–Kier alpha value is -0.810. The monoisotopic (exact) mass is 232 g/mol. The normalized spacial score (nSPS) is 10.2. The van der Waals surface area contributed by atoms with Gasteiger partial charge < -0.3 is 19.3 Å². The van der Waals surface area contributed by atoms with Crippen LogP contribution in [0.4, 0.5) is 4.79 Å². The maximum Gasteiger partial charge on any atom is 0.319 e. The van der Waals surface area contributed by atoms with Gasteiger partial charge in [0, 0.05) is 47.5 Å². The first-order valence-electron chi connectivity index (χ1n) is 5.65. The molecule has 16 heavy (non-hydrogen) atoms. The quantitative estimate of drug-likeness (QED) is 0.587. The lowest BCUT2D eigenvalue weighted by Gasteiger charge is -2.27. The summed E-state index contributed by atoms with van der Waals surface area (Å²) in [6.45, 7) is 5.25. The fraction of sp³-hybridized carbons (Fsp3) is 0.909. The highest BCUT2D eigenvalue weighted by molar-refractivity contribution is 5.74. The lowest BCUT2D eigenvalue weighted by atomic mass is 10.4. The van der Waals surface area contributed by atoms with Crippen molar-refractivity contribution in [1.29, 1.82) is 0 Å². The van der Waals surface area contributed by atoms with Crippen molar-refractivity contribution < 1.29 is 14.3 Å². The van der Waals surface area contributed by atoms with E-state index in [1.54, 1.807) is 31.1 Å². The zero-order valence-corrected chi connectivity index (χ0v) is 10.9. The van der Waals surface area contributed by atoms with Gasteiger partial charge in [0.25, 0.3) is 0 Å². The molecular formula is C11H24N2O3. The van der Waals surface area contributed by atoms with E-state index in [2.05, 4.69) is 0 Å². The zero-order chi connectivity index (χ0) is 12.4. The van der Waals surface area contributed by atoms with Gasteiger partial charge in [0.05, 0.1) is 6.61 Å². The summed E-state index contributed by atoms with van der Waals surface area (Å²) in [6, 6.07) is 0.0515. The van der Waals surface area contributed by atoms with Crippen molar-refractivity contribution in [3.05, 3.63) is 0 Å². The van der Waals surface area contributed by atoms with Crippen LogP contribution in [0.5, 0.6) is 0 Å². The van der Waals surface area contributed by atoms with Crippen molar-refractivity contribution >= 4 is 6.03 Å². The highest BCUT2D eigenvalue weighted by Crippen LogP contribution is 1.99. The van der Waals surface area contributed by atoms with Gasteiger partial charge in [-0.3, -0.25) is 0 Å². The number of nitrogens with zero attached hydrogens (tertiary/aromatic N) is 2. The van der Waals surface area contributed by atoms with Crippen LogP contribution >= 0.6 is 0 Å². The van der Waals surface area contributed by atoms with Crippen LogP contribution in [0, 0.1) is 0 Å². The van der Waals surface area contributed by atoms with Gasteiger partial charge in [0.1, 0.15) is 0 Å². The Morgan fingerprint density at radius 3 is 2.25 bits per heavy atom. The number of ether oxygens (including phenoxy) is 2. The minimum atomic E-state index is 0.0515. The molecule has 0 aliphatic heterocycles. The number of carbonyl (C=O) groups excluding carboxylic acids is 1. The molecule has 5 heteroatoms. The molecule has 0 aliphatic rings. The maximum absolute atomic E-state index is 11.9. The number of amides is 2. The first kappa shape index (κ1) is 15.2. The first-order valence-corrected chi connectivity index (χ1v) is 5.65. The Kier molecular flexibility index (Phi) is 8.94. The highest BCUT2D eigenvalue weighted by Gasteiger charge is 2.15. The molecule has 0 aliphatic carbocycles. The Labute approximate surface area is 98.3 Å². The van der Waals surface area contributed by atoms with E-state index in [0.29, 0.717) is 32.8 Å². The number of hydrogen-bond donors (Lipinski definition) is 0. The number of rotatable bonds is 8. The Bertz CT molecular complexity index is 188.